The van der Waals surface area contributed by atoms with E-state index in [4.69, 9.17) is 5.11 Å². The van der Waals surface area contributed by atoms with Crippen LogP contribution in [0.4, 0.5) is 13.2 Å². The maximum absolute atomic E-state index is 12.6. The average molecular weight is 338 g/mol. The predicted molar refractivity (Wildman–Crippen MR) is 78.1 cm³/mol. The van der Waals surface area contributed by atoms with E-state index in [1.54, 1.807) is 0 Å². The summed E-state index contributed by atoms with van der Waals surface area (Å²) in [6.07, 6.45) is -1.67. The lowest BCUT2D eigenvalue weighted by Crippen LogP contribution is -2.35. The number of carbonyl (C=O) groups excluding carboxylic acids is 1. The van der Waals surface area contributed by atoms with Crippen LogP contribution < -0.4 is 0 Å². The first kappa shape index (κ1) is 17.5. The molecule has 0 aliphatic rings. The van der Waals surface area contributed by atoms with Crippen molar-refractivity contribution in [1.29, 1.82) is 0 Å². The fourth-order valence-electron chi connectivity index (χ4n) is 2.06. The SMILES string of the molecule is O=C(O)CN(Cc1ccc(C(F)(F)F)cc1)C(=O)c1ccncc1. The Morgan fingerprint density at radius 2 is 1.62 bits per heavy atom. The van der Waals surface area contributed by atoms with Crippen LogP contribution in [0, 0.1) is 0 Å². The molecule has 2 aromatic rings. The van der Waals surface area contributed by atoms with E-state index >= 15 is 0 Å². The number of amides is 1. The molecule has 0 saturated heterocycles. The van der Waals surface area contributed by atoms with Crippen LogP contribution in [0.25, 0.3) is 0 Å². The Balaban J connectivity index is 2.20. The number of rotatable bonds is 5. The minimum absolute atomic E-state index is 0.119. The molecule has 0 aliphatic heterocycles. The fourth-order valence-corrected chi connectivity index (χ4v) is 2.06. The smallest absolute Gasteiger partial charge is 0.416 e. The quantitative estimate of drug-likeness (QED) is 0.910. The van der Waals surface area contributed by atoms with E-state index in [9.17, 15) is 22.8 Å². The summed E-state index contributed by atoms with van der Waals surface area (Å²) in [4.78, 5) is 28.1. The number of carboxylic acids is 1. The molecule has 1 aromatic carbocycles. The van der Waals surface area contributed by atoms with Crippen LogP contribution in [-0.4, -0.2) is 33.4 Å². The van der Waals surface area contributed by atoms with Crippen molar-refractivity contribution in [3.05, 3.63) is 65.5 Å². The second kappa shape index (κ2) is 7.12. The van der Waals surface area contributed by atoms with Crippen LogP contribution in [0.15, 0.2) is 48.8 Å². The van der Waals surface area contributed by atoms with Crippen LogP contribution in [-0.2, 0) is 17.5 Å². The number of benzene rings is 1. The summed E-state index contributed by atoms with van der Waals surface area (Å²) in [6, 6.07) is 7.10. The molecule has 2 rings (SSSR count). The van der Waals surface area contributed by atoms with Gasteiger partial charge in [-0.1, -0.05) is 12.1 Å². The van der Waals surface area contributed by atoms with Gasteiger partial charge in [-0.3, -0.25) is 14.6 Å². The third-order valence-corrected chi connectivity index (χ3v) is 3.20. The van der Waals surface area contributed by atoms with Crippen molar-refractivity contribution < 1.29 is 27.9 Å². The number of nitrogens with zero attached hydrogens (tertiary/aromatic N) is 2. The van der Waals surface area contributed by atoms with Crippen molar-refractivity contribution in [2.24, 2.45) is 0 Å². The molecule has 126 valence electrons. The zero-order valence-electron chi connectivity index (χ0n) is 12.3. The number of pyridine rings is 1. The van der Waals surface area contributed by atoms with Crippen molar-refractivity contribution in [2.75, 3.05) is 6.54 Å². The number of alkyl halides is 3. The fraction of sp³-hybridized carbons (Fsp3) is 0.188. The molecule has 0 unspecified atom stereocenters. The topological polar surface area (TPSA) is 70.5 Å². The molecule has 0 spiro atoms. The molecule has 8 heteroatoms. The highest BCUT2D eigenvalue weighted by Gasteiger charge is 2.30. The van der Waals surface area contributed by atoms with Gasteiger partial charge in [0.15, 0.2) is 0 Å². The summed E-state index contributed by atoms with van der Waals surface area (Å²) in [5.41, 5.74) is -0.165. The first-order chi connectivity index (χ1) is 11.3. The molecule has 1 heterocycles. The van der Waals surface area contributed by atoms with Gasteiger partial charge in [-0.15, -0.1) is 0 Å². The zero-order chi connectivity index (χ0) is 17.7. The van der Waals surface area contributed by atoms with Gasteiger partial charge >= 0.3 is 12.1 Å². The lowest BCUT2D eigenvalue weighted by Gasteiger charge is -2.21. The van der Waals surface area contributed by atoms with Crippen molar-refractivity contribution in [2.45, 2.75) is 12.7 Å². The van der Waals surface area contributed by atoms with E-state index in [1.807, 2.05) is 0 Å². The van der Waals surface area contributed by atoms with E-state index in [0.717, 1.165) is 17.0 Å². The molecule has 1 aromatic heterocycles. The number of aliphatic carboxylic acids is 1. The number of aromatic nitrogens is 1. The first-order valence-electron chi connectivity index (χ1n) is 6.84. The molecule has 0 bridgehead atoms. The number of hydrogen-bond acceptors (Lipinski definition) is 3. The number of carbonyl (C=O) groups is 2. The maximum Gasteiger partial charge on any atom is 0.416 e. The van der Waals surface area contributed by atoms with Gasteiger partial charge in [0.1, 0.15) is 6.54 Å². The van der Waals surface area contributed by atoms with Crippen LogP contribution in [0.1, 0.15) is 21.5 Å². The number of hydrogen-bond donors (Lipinski definition) is 1. The van der Waals surface area contributed by atoms with Crippen molar-refractivity contribution >= 4 is 11.9 Å². The molecule has 0 fully saturated rings. The Morgan fingerprint density at radius 3 is 2.12 bits per heavy atom. The van der Waals surface area contributed by atoms with E-state index < -0.39 is 30.2 Å². The molecular formula is C16H13F3N2O3. The van der Waals surface area contributed by atoms with Crippen molar-refractivity contribution in [3.63, 3.8) is 0 Å². The summed E-state index contributed by atoms with van der Waals surface area (Å²) in [5, 5.41) is 8.95. The summed E-state index contributed by atoms with van der Waals surface area (Å²) in [6.45, 7) is -0.687. The molecule has 24 heavy (non-hydrogen) atoms. The molecule has 0 radical (unpaired) electrons. The maximum atomic E-state index is 12.6. The van der Waals surface area contributed by atoms with Gasteiger partial charge in [0, 0.05) is 24.5 Å². The molecule has 1 amide bonds. The van der Waals surface area contributed by atoms with E-state index in [2.05, 4.69) is 4.98 Å². The lowest BCUT2D eigenvalue weighted by molar-refractivity contribution is -0.138. The summed E-state index contributed by atoms with van der Waals surface area (Å²) in [5.74, 6) is -1.76. The number of halogens is 3. The molecular weight excluding hydrogens is 325 g/mol. The molecule has 5 nitrogen and oxygen atoms in total. The highest BCUT2D eigenvalue weighted by atomic mass is 19.4. The normalized spacial score (nSPS) is 11.1. The van der Waals surface area contributed by atoms with Crippen LogP contribution in [0.5, 0.6) is 0 Å². The Hall–Kier alpha value is -2.90. The number of carboxylic acid groups (broad SMARTS) is 1. The molecule has 0 aliphatic carbocycles. The van der Waals surface area contributed by atoms with Crippen LogP contribution in [0.3, 0.4) is 0 Å². The zero-order valence-corrected chi connectivity index (χ0v) is 12.3. The standard InChI is InChI=1S/C16H13F3N2O3/c17-16(18,19)13-3-1-11(2-4-13)9-21(10-14(22)23)15(24)12-5-7-20-8-6-12/h1-8H,9-10H2,(H,22,23). The third kappa shape index (κ3) is 4.55. The first-order valence-corrected chi connectivity index (χ1v) is 6.84. The van der Waals surface area contributed by atoms with E-state index in [1.165, 1.54) is 36.7 Å². The van der Waals surface area contributed by atoms with Crippen molar-refractivity contribution in [1.82, 2.24) is 9.88 Å². The van der Waals surface area contributed by atoms with Gasteiger partial charge in [0.2, 0.25) is 0 Å². The Kier molecular flexibility index (Phi) is 5.18. The Bertz CT molecular complexity index is 716. The van der Waals surface area contributed by atoms with Gasteiger partial charge < -0.3 is 10.0 Å². The third-order valence-electron chi connectivity index (χ3n) is 3.20. The second-order valence-corrected chi connectivity index (χ2v) is 4.99. The Morgan fingerprint density at radius 1 is 1.04 bits per heavy atom. The molecule has 0 saturated carbocycles. The van der Waals surface area contributed by atoms with Crippen LogP contribution >= 0.6 is 0 Å². The second-order valence-electron chi connectivity index (χ2n) is 4.99. The average Bonchev–Trinajstić information content (AvgIpc) is 2.53. The van der Waals surface area contributed by atoms with Gasteiger partial charge in [-0.25, -0.2) is 0 Å². The summed E-state index contributed by atoms with van der Waals surface area (Å²) < 4.78 is 37.7. The minimum Gasteiger partial charge on any atom is -0.480 e. The van der Waals surface area contributed by atoms with E-state index in [-0.39, 0.29) is 12.1 Å². The lowest BCUT2D eigenvalue weighted by atomic mass is 10.1. The van der Waals surface area contributed by atoms with Gasteiger partial charge in [0.05, 0.1) is 5.56 Å². The summed E-state index contributed by atoms with van der Waals surface area (Å²) >= 11 is 0. The minimum atomic E-state index is -4.45. The predicted octanol–water partition coefficient (Wildman–Crippen LogP) is 2.83. The van der Waals surface area contributed by atoms with Gasteiger partial charge in [0.25, 0.3) is 5.91 Å². The Labute approximate surface area is 135 Å². The highest BCUT2D eigenvalue weighted by molar-refractivity contribution is 5.95. The van der Waals surface area contributed by atoms with E-state index in [0.29, 0.717) is 5.56 Å². The van der Waals surface area contributed by atoms with Crippen LogP contribution in [0.2, 0.25) is 0 Å². The highest BCUT2D eigenvalue weighted by Crippen LogP contribution is 2.29. The van der Waals surface area contributed by atoms with Gasteiger partial charge in [-0.05, 0) is 29.8 Å². The van der Waals surface area contributed by atoms with Crippen molar-refractivity contribution in [3.8, 4) is 0 Å². The summed E-state index contributed by atoms with van der Waals surface area (Å²) in [7, 11) is 0. The monoisotopic (exact) mass is 338 g/mol. The van der Waals surface area contributed by atoms with Gasteiger partial charge in [-0.2, -0.15) is 13.2 Å². The largest absolute Gasteiger partial charge is 0.480 e. The molecule has 1 N–H and O–H groups in total. The molecule has 0 atom stereocenters.